The second-order valence-corrected chi connectivity index (χ2v) is 10.4. The average molecular weight is 531 g/mol. The molecule has 190 valence electrons. The molecular formula is C24H26Cl2F2N2O5. The van der Waals surface area contributed by atoms with Gasteiger partial charge in [-0.3, -0.25) is 4.79 Å². The van der Waals surface area contributed by atoms with Crippen LogP contribution in [-0.2, 0) is 15.9 Å². The number of imide groups is 1. The Morgan fingerprint density at radius 1 is 0.914 bits per heavy atom. The average Bonchev–Trinajstić information content (AvgIpc) is 2.67. The van der Waals surface area contributed by atoms with E-state index in [4.69, 9.17) is 38.4 Å². The summed E-state index contributed by atoms with van der Waals surface area (Å²) in [6, 6.07) is 4.57. The number of nitrogen functional groups attached to an aromatic ring is 1. The summed E-state index contributed by atoms with van der Waals surface area (Å²) in [5.41, 5.74) is 2.08. The summed E-state index contributed by atoms with van der Waals surface area (Å²) in [4.78, 5) is 38.7. The minimum atomic E-state index is -1.37. The molecule has 0 aromatic heterocycles. The number of rotatable bonds is 4. The van der Waals surface area contributed by atoms with E-state index in [-0.39, 0.29) is 31.8 Å². The van der Waals surface area contributed by atoms with Crippen LogP contribution >= 0.6 is 23.2 Å². The molecule has 11 heteroatoms. The molecule has 0 spiro atoms. The molecule has 0 saturated carbocycles. The summed E-state index contributed by atoms with van der Waals surface area (Å²) in [6.07, 6.45) is -3.36. The van der Waals surface area contributed by atoms with Crippen molar-refractivity contribution in [3.8, 4) is 0 Å². The molecule has 2 aromatic rings. The third-order valence-electron chi connectivity index (χ3n) is 4.27. The van der Waals surface area contributed by atoms with Crippen molar-refractivity contribution in [1.82, 2.24) is 0 Å². The van der Waals surface area contributed by atoms with Crippen LogP contribution in [0, 0.1) is 11.6 Å². The van der Waals surface area contributed by atoms with E-state index in [0.29, 0.717) is 0 Å². The number of benzene rings is 2. The van der Waals surface area contributed by atoms with Gasteiger partial charge in [0.05, 0.1) is 21.3 Å². The quantitative estimate of drug-likeness (QED) is 0.339. The summed E-state index contributed by atoms with van der Waals surface area (Å²) >= 11 is 12.2. The van der Waals surface area contributed by atoms with Crippen molar-refractivity contribution in [3.05, 3.63) is 57.1 Å². The normalized spacial score (nSPS) is 11.7. The topological polar surface area (TPSA) is 98.9 Å². The second kappa shape index (κ2) is 10.4. The Bertz CT molecular complexity index is 1150. The maximum absolute atomic E-state index is 15.6. The van der Waals surface area contributed by atoms with Crippen LogP contribution in [0.2, 0.25) is 10.0 Å². The lowest BCUT2D eigenvalue weighted by atomic mass is 10.0. The number of carbonyl (C=O) groups is 3. The third-order valence-corrected chi connectivity index (χ3v) is 5.00. The molecule has 0 bridgehead atoms. The van der Waals surface area contributed by atoms with Crippen LogP contribution in [-0.4, -0.2) is 29.2 Å². The van der Waals surface area contributed by atoms with E-state index < -0.39 is 52.9 Å². The van der Waals surface area contributed by atoms with Crippen molar-refractivity contribution >= 4 is 52.5 Å². The Kier molecular flexibility index (Phi) is 8.40. The van der Waals surface area contributed by atoms with Crippen molar-refractivity contribution < 1.29 is 32.6 Å². The summed E-state index contributed by atoms with van der Waals surface area (Å²) < 4.78 is 40.8. The lowest BCUT2D eigenvalue weighted by Gasteiger charge is -2.29. The largest absolute Gasteiger partial charge is 0.443 e. The van der Waals surface area contributed by atoms with Gasteiger partial charge in [-0.05, 0) is 65.3 Å². The van der Waals surface area contributed by atoms with E-state index in [0.717, 1.165) is 12.1 Å². The fraction of sp³-hybridized carbons (Fsp3) is 0.375. The first-order chi connectivity index (χ1) is 15.9. The molecule has 0 saturated heterocycles. The third kappa shape index (κ3) is 7.05. The number of amides is 2. The first-order valence-electron chi connectivity index (χ1n) is 10.4. The van der Waals surface area contributed by atoms with Crippen LogP contribution in [0.4, 0.5) is 29.7 Å². The van der Waals surface area contributed by atoms with Crippen molar-refractivity contribution in [3.63, 3.8) is 0 Å². The Morgan fingerprint density at radius 3 is 1.91 bits per heavy atom. The van der Waals surface area contributed by atoms with E-state index in [1.54, 1.807) is 0 Å². The van der Waals surface area contributed by atoms with Gasteiger partial charge in [0, 0.05) is 6.42 Å². The van der Waals surface area contributed by atoms with Gasteiger partial charge in [-0.2, -0.15) is 4.90 Å². The molecule has 2 N–H and O–H groups in total. The maximum Gasteiger partial charge on any atom is 0.424 e. The van der Waals surface area contributed by atoms with E-state index in [1.807, 2.05) is 0 Å². The molecule has 0 aliphatic carbocycles. The first-order valence-corrected chi connectivity index (χ1v) is 11.2. The highest BCUT2D eigenvalue weighted by atomic mass is 35.5. The maximum atomic E-state index is 15.6. The fourth-order valence-corrected chi connectivity index (χ4v) is 3.46. The fourth-order valence-electron chi connectivity index (χ4n) is 2.88. The smallest absolute Gasteiger partial charge is 0.424 e. The predicted octanol–water partition coefficient (Wildman–Crippen LogP) is 6.96. The van der Waals surface area contributed by atoms with Gasteiger partial charge in [0.1, 0.15) is 16.9 Å². The highest BCUT2D eigenvalue weighted by Crippen LogP contribution is 2.33. The van der Waals surface area contributed by atoms with Crippen LogP contribution in [0.3, 0.4) is 0 Å². The van der Waals surface area contributed by atoms with Gasteiger partial charge >= 0.3 is 12.2 Å². The number of ketones is 1. The predicted molar refractivity (Wildman–Crippen MR) is 130 cm³/mol. The van der Waals surface area contributed by atoms with Crippen molar-refractivity contribution in [2.45, 2.75) is 59.2 Å². The van der Waals surface area contributed by atoms with Crippen LogP contribution in [0.15, 0.2) is 24.3 Å². The molecule has 2 rings (SSSR count). The van der Waals surface area contributed by atoms with Crippen LogP contribution in [0.5, 0.6) is 0 Å². The summed E-state index contributed by atoms with van der Waals surface area (Å²) in [5, 5.41) is -0.129. The minimum Gasteiger partial charge on any atom is -0.443 e. The van der Waals surface area contributed by atoms with Gasteiger partial charge < -0.3 is 15.2 Å². The first kappa shape index (κ1) is 28.3. The molecule has 0 fully saturated rings. The molecule has 7 nitrogen and oxygen atoms in total. The molecule has 0 radical (unpaired) electrons. The molecule has 0 heterocycles. The molecule has 0 unspecified atom stereocenters. The summed E-state index contributed by atoms with van der Waals surface area (Å²) in [5.74, 6) is -3.31. The molecule has 0 atom stereocenters. The number of hydrogen-bond donors (Lipinski definition) is 1. The zero-order valence-electron chi connectivity index (χ0n) is 20.1. The van der Waals surface area contributed by atoms with Crippen LogP contribution < -0.4 is 10.6 Å². The van der Waals surface area contributed by atoms with Crippen LogP contribution in [0.1, 0.15) is 57.5 Å². The second-order valence-electron chi connectivity index (χ2n) is 9.59. The van der Waals surface area contributed by atoms with Crippen LogP contribution in [0.25, 0.3) is 0 Å². The molecule has 0 aliphatic heterocycles. The number of carbonyl (C=O) groups excluding carboxylic acids is 3. The summed E-state index contributed by atoms with van der Waals surface area (Å²) in [7, 11) is 0. The number of nitrogens with zero attached hydrogens (tertiary/aromatic N) is 1. The lowest BCUT2D eigenvalue weighted by molar-refractivity contribution is 0.0426. The number of anilines is 2. The zero-order valence-corrected chi connectivity index (χ0v) is 21.6. The monoisotopic (exact) mass is 530 g/mol. The van der Waals surface area contributed by atoms with Gasteiger partial charge in [-0.1, -0.05) is 29.3 Å². The highest BCUT2D eigenvalue weighted by molar-refractivity contribution is 6.41. The van der Waals surface area contributed by atoms with Crippen molar-refractivity contribution in [1.29, 1.82) is 0 Å². The van der Waals surface area contributed by atoms with Gasteiger partial charge in [-0.15, -0.1) is 0 Å². The van der Waals surface area contributed by atoms with E-state index in [9.17, 15) is 18.8 Å². The Balaban J connectivity index is 2.59. The SMILES string of the molecule is CC(C)(C)OC(=O)N(C(=O)OC(C)(C)C)c1c(F)ccc(CC(=O)c2c(Cl)ccc(N)c2Cl)c1F. The number of Topliss-reactive ketones (excluding diaryl/α,β-unsaturated/α-hetero) is 1. The Morgan fingerprint density at radius 2 is 1.43 bits per heavy atom. The molecule has 35 heavy (non-hydrogen) atoms. The summed E-state index contributed by atoms with van der Waals surface area (Å²) in [6.45, 7) is 9.08. The molecule has 2 amide bonds. The molecule has 0 aliphatic rings. The Labute approximate surface area is 212 Å². The standard InChI is InChI=1S/C24H26Cl2F2N2O5/c1-23(2,3)34-21(32)30(22(33)35-24(4,5)6)20-14(27)9-7-12(19(20)28)11-16(31)17-13(25)8-10-15(29)18(17)26/h7-10H,11,29H2,1-6H3. The van der Waals surface area contributed by atoms with Gasteiger partial charge in [-0.25, -0.2) is 18.4 Å². The number of ether oxygens (including phenoxy) is 2. The molecule has 2 aromatic carbocycles. The van der Waals surface area contributed by atoms with E-state index >= 15 is 4.39 Å². The van der Waals surface area contributed by atoms with Crippen molar-refractivity contribution in [2.24, 2.45) is 0 Å². The zero-order chi connectivity index (χ0) is 26.9. The van der Waals surface area contributed by atoms with E-state index in [2.05, 4.69) is 0 Å². The number of hydrogen-bond acceptors (Lipinski definition) is 6. The van der Waals surface area contributed by atoms with Crippen molar-refractivity contribution in [2.75, 3.05) is 10.6 Å². The number of nitrogens with two attached hydrogens (primary N) is 1. The van der Waals surface area contributed by atoms with Gasteiger partial charge in [0.25, 0.3) is 0 Å². The molecular weight excluding hydrogens is 505 g/mol. The number of halogens is 4. The highest BCUT2D eigenvalue weighted by Gasteiger charge is 2.37. The van der Waals surface area contributed by atoms with E-state index in [1.165, 1.54) is 53.7 Å². The minimum absolute atomic E-state index is 0.0129. The van der Waals surface area contributed by atoms with Gasteiger partial charge in [0.2, 0.25) is 0 Å². The lowest BCUT2D eigenvalue weighted by Crippen LogP contribution is -2.44. The Hall–Kier alpha value is -2.91. The van der Waals surface area contributed by atoms with Gasteiger partial charge in [0.15, 0.2) is 17.4 Å².